The number of hydrogen-bond donors (Lipinski definition) is 0. The third-order valence-electron chi connectivity index (χ3n) is 4.00. The Hall–Kier alpha value is -2.25. The van der Waals surface area contributed by atoms with E-state index in [2.05, 4.69) is 57.1 Å². The van der Waals surface area contributed by atoms with Crippen LogP contribution in [-0.4, -0.2) is 22.5 Å². The molecule has 3 rings (SSSR count). The van der Waals surface area contributed by atoms with Gasteiger partial charge in [-0.2, -0.15) is 0 Å². The maximum absolute atomic E-state index is 11.9. The third-order valence-corrected chi connectivity index (χ3v) is 5.47. The molecule has 0 aliphatic carbocycles. The summed E-state index contributed by atoms with van der Waals surface area (Å²) >= 11 is 5.02. The number of aryl methyl sites for hydroxylation is 1. The Morgan fingerprint density at radius 2 is 2.00 bits per heavy atom. The van der Waals surface area contributed by atoms with Crippen LogP contribution in [0.5, 0.6) is 0 Å². The van der Waals surface area contributed by atoms with Crippen LogP contribution >= 0.6 is 27.3 Å². The molecule has 5 nitrogen and oxygen atoms in total. The summed E-state index contributed by atoms with van der Waals surface area (Å²) in [5, 5.41) is 2.75. The number of thiazole rings is 1. The number of carbonyl (C=O) groups is 1. The first-order valence-corrected chi connectivity index (χ1v) is 10.4. The lowest BCUT2D eigenvalue weighted by Gasteiger charge is -2.22. The zero-order valence-corrected chi connectivity index (χ0v) is 17.6. The highest BCUT2D eigenvalue weighted by atomic mass is 79.9. The monoisotopic (exact) mass is 445 g/mol. The lowest BCUT2D eigenvalue weighted by Crippen LogP contribution is -2.13. The van der Waals surface area contributed by atoms with Crippen molar-refractivity contribution in [1.82, 2.24) is 9.97 Å². The molecule has 0 unspecified atom stereocenters. The van der Waals surface area contributed by atoms with Crippen LogP contribution in [0.25, 0.3) is 0 Å². The smallest absolute Gasteiger partial charge is 0.310 e. The van der Waals surface area contributed by atoms with Crippen LogP contribution in [0.3, 0.4) is 0 Å². The second-order valence-electron chi connectivity index (χ2n) is 5.79. The molecule has 7 heteroatoms. The molecule has 0 spiro atoms. The van der Waals surface area contributed by atoms with E-state index in [1.807, 2.05) is 16.3 Å². The first kappa shape index (κ1) is 19.5. The minimum absolute atomic E-state index is 0.185. The van der Waals surface area contributed by atoms with Crippen LogP contribution < -0.4 is 4.90 Å². The van der Waals surface area contributed by atoms with Gasteiger partial charge in [-0.15, -0.1) is 11.3 Å². The molecule has 1 aromatic carbocycles. The Labute approximate surface area is 171 Å². The van der Waals surface area contributed by atoms with Crippen LogP contribution in [0, 0.1) is 0 Å². The Kier molecular flexibility index (Phi) is 6.58. The summed E-state index contributed by atoms with van der Waals surface area (Å²) in [5.74, 6) is 0.445. The van der Waals surface area contributed by atoms with Gasteiger partial charge in [-0.3, -0.25) is 9.69 Å². The van der Waals surface area contributed by atoms with Gasteiger partial charge in [0.2, 0.25) is 0 Å². The molecule has 0 bridgehead atoms. The molecule has 27 heavy (non-hydrogen) atoms. The number of ether oxygens (including phenoxy) is 1. The first-order chi connectivity index (χ1) is 13.1. The van der Waals surface area contributed by atoms with Crippen LogP contribution in [-0.2, 0) is 22.4 Å². The number of benzene rings is 1. The number of nitrogens with zero attached hydrogens (tertiary/aromatic N) is 3. The highest BCUT2D eigenvalue weighted by molar-refractivity contribution is 9.10. The van der Waals surface area contributed by atoms with Crippen molar-refractivity contribution in [3.05, 3.63) is 63.7 Å². The van der Waals surface area contributed by atoms with Crippen molar-refractivity contribution in [3.8, 4) is 0 Å². The second-order valence-corrected chi connectivity index (χ2v) is 7.51. The summed E-state index contributed by atoms with van der Waals surface area (Å²) in [4.78, 5) is 22.9. The number of carbonyl (C=O) groups excluding carboxylic acids is 1. The Bertz CT molecular complexity index is 898. The van der Waals surface area contributed by atoms with Gasteiger partial charge in [-0.25, -0.2) is 9.97 Å². The number of hydrogen-bond acceptors (Lipinski definition) is 6. The maximum atomic E-state index is 11.9. The van der Waals surface area contributed by atoms with E-state index in [1.165, 1.54) is 16.9 Å². The van der Waals surface area contributed by atoms with E-state index in [1.54, 1.807) is 19.3 Å². The van der Waals surface area contributed by atoms with Crippen molar-refractivity contribution >= 4 is 49.9 Å². The van der Waals surface area contributed by atoms with Gasteiger partial charge in [0.25, 0.3) is 0 Å². The topological polar surface area (TPSA) is 55.3 Å². The molecule has 3 aromatic rings. The van der Waals surface area contributed by atoms with E-state index in [-0.39, 0.29) is 12.4 Å². The first-order valence-electron chi connectivity index (χ1n) is 8.71. The summed E-state index contributed by atoms with van der Waals surface area (Å²) in [6.07, 6.45) is 4.65. The van der Waals surface area contributed by atoms with Crippen LogP contribution in [0.2, 0.25) is 0 Å². The molecule has 2 aromatic heterocycles. The average molecular weight is 446 g/mol. The van der Waals surface area contributed by atoms with Crippen LogP contribution in [0.4, 0.5) is 16.6 Å². The quantitative estimate of drug-likeness (QED) is 0.453. The third kappa shape index (κ3) is 4.73. The normalized spacial score (nSPS) is 10.6. The summed E-state index contributed by atoms with van der Waals surface area (Å²) in [6.45, 7) is 4.30. The van der Waals surface area contributed by atoms with Crippen molar-refractivity contribution in [3.63, 3.8) is 0 Å². The number of anilines is 3. The standard InChI is InChI=1S/C20H20BrN3O2S/c1-3-14-5-7-16(8-6-14)24(20-22-9-10-27-20)18-11-15(17(21)13-23-18)12-19(25)26-4-2/h5-11,13H,3-4,12H2,1-2H3. The average Bonchev–Trinajstić information content (AvgIpc) is 3.19. The highest BCUT2D eigenvalue weighted by Crippen LogP contribution is 2.36. The molecule has 140 valence electrons. The Morgan fingerprint density at radius 3 is 2.63 bits per heavy atom. The number of esters is 1. The fourth-order valence-electron chi connectivity index (χ4n) is 2.64. The predicted octanol–water partition coefficient (Wildman–Crippen LogP) is 5.44. The molecule has 2 heterocycles. The van der Waals surface area contributed by atoms with Crippen molar-refractivity contribution in [2.75, 3.05) is 11.5 Å². The summed E-state index contributed by atoms with van der Waals surface area (Å²) in [5.41, 5.74) is 3.06. The zero-order valence-electron chi connectivity index (χ0n) is 15.2. The van der Waals surface area contributed by atoms with Gasteiger partial charge < -0.3 is 4.74 Å². The van der Waals surface area contributed by atoms with Crippen LogP contribution in [0.15, 0.2) is 52.6 Å². The van der Waals surface area contributed by atoms with Crippen molar-refractivity contribution < 1.29 is 9.53 Å². The van der Waals surface area contributed by atoms with E-state index < -0.39 is 0 Å². The molecule has 0 fully saturated rings. The van der Waals surface area contributed by atoms with E-state index in [0.717, 1.165) is 27.3 Å². The van der Waals surface area contributed by atoms with Crippen LogP contribution in [0.1, 0.15) is 25.0 Å². The van der Waals surface area contributed by atoms with Crippen molar-refractivity contribution in [2.24, 2.45) is 0 Å². The fraction of sp³-hybridized carbons (Fsp3) is 0.250. The molecular weight excluding hydrogens is 426 g/mol. The van der Waals surface area contributed by atoms with Crippen molar-refractivity contribution in [1.29, 1.82) is 0 Å². The number of pyridine rings is 1. The van der Waals surface area contributed by atoms with E-state index in [9.17, 15) is 4.79 Å². The predicted molar refractivity (Wildman–Crippen MR) is 112 cm³/mol. The molecule has 0 aliphatic rings. The van der Waals surface area contributed by atoms with Crippen molar-refractivity contribution in [2.45, 2.75) is 26.7 Å². The summed E-state index contributed by atoms with van der Waals surface area (Å²) in [6, 6.07) is 10.2. The van der Waals surface area contributed by atoms with Gasteiger partial charge >= 0.3 is 5.97 Å². The Morgan fingerprint density at radius 1 is 1.22 bits per heavy atom. The number of rotatable bonds is 7. The fourth-order valence-corrected chi connectivity index (χ4v) is 3.67. The number of aromatic nitrogens is 2. The number of halogens is 1. The van der Waals surface area contributed by atoms with E-state index in [0.29, 0.717) is 12.4 Å². The molecule has 0 aliphatic heterocycles. The molecule has 0 amide bonds. The molecule has 0 atom stereocenters. The van der Waals surface area contributed by atoms with Gasteiger partial charge in [0.05, 0.1) is 13.0 Å². The minimum atomic E-state index is -0.261. The van der Waals surface area contributed by atoms with E-state index in [4.69, 9.17) is 4.74 Å². The second kappa shape index (κ2) is 9.10. The molecular formula is C20H20BrN3O2S. The van der Waals surface area contributed by atoms with Gasteiger partial charge in [0, 0.05) is 27.9 Å². The maximum Gasteiger partial charge on any atom is 0.310 e. The Balaban J connectivity index is 2.01. The summed E-state index contributed by atoms with van der Waals surface area (Å²) in [7, 11) is 0. The molecule has 0 saturated carbocycles. The van der Waals surface area contributed by atoms with Gasteiger partial charge in [-0.05, 0) is 58.6 Å². The minimum Gasteiger partial charge on any atom is -0.466 e. The molecule has 0 N–H and O–H groups in total. The lowest BCUT2D eigenvalue weighted by molar-refractivity contribution is -0.142. The largest absolute Gasteiger partial charge is 0.466 e. The zero-order chi connectivity index (χ0) is 19.2. The van der Waals surface area contributed by atoms with Gasteiger partial charge in [0.15, 0.2) is 5.13 Å². The molecule has 0 radical (unpaired) electrons. The lowest BCUT2D eigenvalue weighted by atomic mass is 10.1. The van der Waals surface area contributed by atoms with E-state index >= 15 is 0 Å². The SMILES string of the molecule is CCOC(=O)Cc1cc(N(c2ccc(CC)cc2)c2nccs2)ncc1Br. The van der Waals surface area contributed by atoms with Gasteiger partial charge in [-0.1, -0.05) is 19.1 Å². The summed E-state index contributed by atoms with van der Waals surface area (Å²) < 4.78 is 5.86. The molecule has 0 saturated heterocycles. The van der Waals surface area contributed by atoms with Gasteiger partial charge in [0.1, 0.15) is 5.82 Å². The highest BCUT2D eigenvalue weighted by Gasteiger charge is 2.18.